The molecule has 0 aromatic heterocycles. The van der Waals surface area contributed by atoms with E-state index in [1.54, 1.807) is 0 Å². The topological polar surface area (TPSA) is 449 Å². The van der Waals surface area contributed by atoms with Gasteiger partial charge in [-0.05, 0) is 230 Å². The molecule has 8 bridgehead atoms. The van der Waals surface area contributed by atoms with Crippen LogP contribution in [0.2, 0.25) is 0 Å². The standard InChI is InChI=1S/C20H26O7S.C15H18F6O6S2.C14H20F2O4S.C13H18F2O5S.C8H11F6NO5S2/c21-19(26-16-7-3-1-4-8-16)14-11-15(13-18(12-14)28(23,24)25)20(22)27-17-9-5-2-6-10-17;1-8(2)10-6-5-7-11(9(3)4)12(10)27-29(25,26)15(20,21)13(16,17)14(18,19)28(22,23)24;15-14(16,21(18,19)20)12(17)1-2-13-6-9-3-10(7-13)5-11(4-9)8-13;14-13(15,21(17,18)19)11(16)20-7-12-4-8-1-9(5-12)3-10(2-8)6-12;9-6(10,8(13,14)22(18,19)20)7(11,12)21(16,17)15-4-2-1-3-5-15/h11-13,16-17H,1-10H2,(H,23,24,25);5-9H,1-4H3,(H,22,23,24);9-11H,1-8H2,(H,18,19,20);8-10H,1-7H2,(H,17,18,19);1-5H2,(H,18,19,20). The van der Waals surface area contributed by atoms with Crippen LogP contribution in [0.25, 0.3) is 0 Å². The molecule has 10 saturated carbocycles. The van der Waals surface area contributed by atoms with E-state index in [9.17, 15) is 153 Å². The summed E-state index contributed by atoms with van der Waals surface area (Å²) in [5.74, 6) is -17.4. The number of Topliss-reactive ketones (excluding diaryl/α,β-unsaturated/α-hetero) is 1. The van der Waals surface area contributed by atoms with Gasteiger partial charge in [0.1, 0.15) is 18.0 Å². The van der Waals surface area contributed by atoms with E-state index in [4.69, 9.17) is 27.7 Å². The number of halogens is 16. The van der Waals surface area contributed by atoms with Gasteiger partial charge in [0.25, 0.3) is 20.1 Å². The van der Waals surface area contributed by atoms with Gasteiger partial charge >= 0.3 is 112 Å². The predicted octanol–water partition coefficient (Wildman–Crippen LogP) is 15.0. The second-order valence-electron chi connectivity index (χ2n) is 33.1. The van der Waals surface area contributed by atoms with Gasteiger partial charge in [0, 0.05) is 24.9 Å². The van der Waals surface area contributed by atoms with Crippen molar-refractivity contribution in [3.63, 3.8) is 0 Å². The lowest BCUT2D eigenvalue weighted by molar-refractivity contribution is -0.247. The molecule has 0 atom stereocenters. The third-order valence-electron chi connectivity index (χ3n) is 23.2. The van der Waals surface area contributed by atoms with Crippen LogP contribution in [-0.4, -0.2) is 185 Å². The molecule has 121 heavy (non-hydrogen) atoms. The summed E-state index contributed by atoms with van der Waals surface area (Å²) in [6, 6.07) is 7.25. The maximum Gasteiger partial charge on any atom is 0.465 e. The Hall–Kier alpha value is -5.39. The Labute approximate surface area is 688 Å². The Kier molecular flexibility index (Phi) is 31.5. The van der Waals surface area contributed by atoms with E-state index in [0.717, 1.165) is 134 Å². The summed E-state index contributed by atoms with van der Waals surface area (Å²) >= 11 is 0. The number of carbonyl (C=O) groups is 4. The van der Waals surface area contributed by atoms with Crippen molar-refractivity contribution in [1.82, 2.24) is 4.31 Å². The normalized spacial score (nSPS) is 25.0. The molecule has 11 aliphatic rings. The molecular weight excluding hydrogens is 1820 g/mol. The summed E-state index contributed by atoms with van der Waals surface area (Å²) in [6.07, 6.45) is 21.7. The Balaban J connectivity index is 0.000000210. The fourth-order valence-corrected chi connectivity index (χ4v) is 22.6. The number of piperidine rings is 1. The van der Waals surface area contributed by atoms with Gasteiger partial charge in [-0.25, -0.2) is 22.8 Å². The predicted molar refractivity (Wildman–Crippen MR) is 392 cm³/mol. The number of hydrogen-bond donors (Lipinski definition) is 5. The molecule has 2 aromatic carbocycles. The summed E-state index contributed by atoms with van der Waals surface area (Å²) < 4.78 is 430. The number of esters is 3. The van der Waals surface area contributed by atoms with E-state index in [1.807, 2.05) is 0 Å². The average molecular weight is 1910 g/mol. The second kappa shape index (κ2) is 37.1. The van der Waals surface area contributed by atoms with Crippen molar-refractivity contribution in [2.45, 2.75) is 273 Å². The van der Waals surface area contributed by atoms with Crippen LogP contribution in [-0.2, 0) is 94.5 Å². The fraction of sp³-hybridized carbons (Fsp3) is 0.771. The lowest BCUT2D eigenvalue weighted by atomic mass is 9.48. The third-order valence-corrected chi connectivity index (χ3v) is 30.7. The average Bonchev–Trinajstić information content (AvgIpc) is 0.724. The first-order chi connectivity index (χ1) is 54.9. The summed E-state index contributed by atoms with van der Waals surface area (Å²) in [6.45, 7) is 4.63. The molecule has 11 fully saturated rings. The van der Waals surface area contributed by atoms with Crippen molar-refractivity contribution in [2.75, 3.05) is 19.7 Å². The quantitative estimate of drug-likeness (QED) is 0.0182. The van der Waals surface area contributed by atoms with Crippen molar-refractivity contribution >= 4 is 94.4 Å². The highest BCUT2D eigenvalue weighted by Crippen LogP contribution is 2.63. The number of rotatable bonds is 27. The number of nitrogens with zero attached hydrogens (tertiary/aromatic N) is 1. The molecule has 1 aliphatic heterocycles. The van der Waals surface area contributed by atoms with Gasteiger partial charge in [-0.2, -0.15) is 125 Å². The SMILES string of the molecule is CC(C)c1cccc(C(C)C)c1OS(=O)(=O)C(F)(F)C(F)(F)C(F)(F)S(=O)(=O)O.O=C(CCC12CC3CC(CC(C3)C1)C2)C(F)(F)S(=O)(=O)O.O=C(OC1CCCCC1)c1cc(C(=O)OC2CCCCC2)cc(S(=O)(=O)O)c1.O=C(OCC12CC3CC(CC(C3)C1)C2)C(F)(F)S(=O)(=O)O.O=S(=O)(O)C(F)(F)C(F)(F)C(F)(F)S(=O)(=O)N1CCCCC1. The van der Waals surface area contributed by atoms with Gasteiger partial charge in [0.05, 0.1) is 22.6 Å². The summed E-state index contributed by atoms with van der Waals surface area (Å²) in [4.78, 5) is 47.3. The minimum absolute atomic E-state index is 0.000399. The lowest BCUT2D eigenvalue weighted by Crippen LogP contribution is -2.63. The highest BCUT2D eigenvalue weighted by Gasteiger charge is 2.84. The minimum atomic E-state index is -7.10. The van der Waals surface area contributed by atoms with Gasteiger partial charge in [0.2, 0.25) is 5.78 Å². The fourth-order valence-electron chi connectivity index (χ4n) is 17.9. The number of carbonyl (C=O) groups excluding carboxylic acids is 4. The van der Waals surface area contributed by atoms with Gasteiger partial charge in [-0.1, -0.05) is 65.2 Å². The molecular formula is C70H93F16NO27S7. The van der Waals surface area contributed by atoms with Crippen molar-refractivity contribution in [2.24, 2.45) is 46.3 Å². The van der Waals surface area contributed by atoms with E-state index in [0.29, 0.717) is 48.3 Å². The zero-order valence-electron chi connectivity index (χ0n) is 65.0. The molecule has 694 valence electrons. The van der Waals surface area contributed by atoms with Crippen molar-refractivity contribution in [3.8, 4) is 5.75 Å². The molecule has 51 heteroatoms. The number of para-hydroxylation sites is 1. The van der Waals surface area contributed by atoms with Crippen molar-refractivity contribution in [1.29, 1.82) is 0 Å². The van der Waals surface area contributed by atoms with Crippen LogP contribution in [0.5, 0.6) is 5.75 Å². The van der Waals surface area contributed by atoms with E-state index >= 15 is 0 Å². The Morgan fingerprint density at radius 3 is 1.12 bits per heavy atom. The first-order valence-corrected chi connectivity index (χ1v) is 48.1. The monoisotopic (exact) mass is 1910 g/mol. The van der Waals surface area contributed by atoms with Gasteiger partial charge in [-0.3, -0.25) is 27.6 Å². The van der Waals surface area contributed by atoms with Crippen molar-refractivity contribution in [3.05, 3.63) is 58.7 Å². The molecule has 5 N–H and O–H groups in total. The van der Waals surface area contributed by atoms with Crippen LogP contribution in [0, 0.1) is 46.3 Å². The minimum Gasteiger partial charge on any atom is -0.460 e. The highest BCUT2D eigenvalue weighted by molar-refractivity contribution is 7.91. The van der Waals surface area contributed by atoms with Crippen LogP contribution < -0.4 is 4.18 Å². The number of ether oxygens (including phenoxy) is 3. The highest BCUT2D eigenvalue weighted by atomic mass is 32.2. The molecule has 13 rings (SSSR count). The van der Waals surface area contributed by atoms with Gasteiger partial charge in [-0.15, -0.1) is 0 Å². The molecule has 0 radical (unpaired) electrons. The maximum absolute atomic E-state index is 14.0. The van der Waals surface area contributed by atoms with E-state index < -0.39 is 180 Å². The van der Waals surface area contributed by atoms with Crippen molar-refractivity contribution < 1.29 is 190 Å². The maximum atomic E-state index is 14.0. The van der Waals surface area contributed by atoms with E-state index in [1.165, 1.54) is 71.2 Å². The first-order valence-electron chi connectivity index (χ1n) is 38.1. The number of hydrogen-bond acceptors (Lipinski definition) is 22. The van der Waals surface area contributed by atoms with Crippen LogP contribution in [0.3, 0.4) is 0 Å². The molecule has 1 heterocycles. The van der Waals surface area contributed by atoms with Crippen LogP contribution >= 0.6 is 0 Å². The lowest BCUT2D eigenvalue weighted by Gasteiger charge is -2.57. The van der Waals surface area contributed by atoms with Crippen LogP contribution in [0.1, 0.15) is 245 Å². The third kappa shape index (κ3) is 22.6. The van der Waals surface area contributed by atoms with E-state index in [2.05, 4.69) is 8.92 Å². The summed E-state index contributed by atoms with van der Waals surface area (Å²) in [5, 5.41) is -36.2. The molecule has 0 unspecified atom stereocenters. The Bertz CT molecular complexity index is 4700. The number of alkyl halides is 16. The number of ketones is 1. The molecule has 1 saturated heterocycles. The van der Waals surface area contributed by atoms with Crippen LogP contribution in [0.15, 0.2) is 41.3 Å². The number of benzene rings is 2. The molecule has 10 aliphatic carbocycles. The van der Waals surface area contributed by atoms with Crippen LogP contribution in [0.4, 0.5) is 70.2 Å². The molecule has 28 nitrogen and oxygen atoms in total. The zero-order chi connectivity index (χ0) is 91.9. The van der Waals surface area contributed by atoms with Gasteiger partial charge < -0.3 is 18.4 Å². The van der Waals surface area contributed by atoms with E-state index in [-0.39, 0.29) is 69.0 Å². The number of sulfonamides is 1. The Morgan fingerprint density at radius 2 is 0.785 bits per heavy atom. The zero-order valence-corrected chi connectivity index (χ0v) is 70.7. The first kappa shape index (κ1) is 103. The summed E-state index contributed by atoms with van der Waals surface area (Å²) in [7, 11) is -43.3. The Morgan fingerprint density at radius 1 is 0.446 bits per heavy atom. The molecule has 0 amide bonds. The van der Waals surface area contributed by atoms with Gasteiger partial charge in [0.15, 0.2) is 0 Å². The smallest absolute Gasteiger partial charge is 0.460 e. The molecule has 0 spiro atoms. The molecule has 2 aromatic rings. The largest absolute Gasteiger partial charge is 0.465 e. The second-order valence-corrected chi connectivity index (χ2v) is 44.0. The summed E-state index contributed by atoms with van der Waals surface area (Å²) in [5.41, 5.74) is -0.507.